The first-order valence-electron chi connectivity index (χ1n) is 7.71. The second kappa shape index (κ2) is 8.49. The van der Waals surface area contributed by atoms with E-state index in [-0.39, 0.29) is 23.6 Å². The van der Waals surface area contributed by atoms with Crippen molar-refractivity contribution in [2.45, 2.75) is 38.4 Å². The number of amides is 2. The molecule has 24 heavy (non-hydrogen) atoms. The van der Waals surface area contributed by atoms with Crippen molar-refractivity contribution in [3.8, 4) is 0 Å². The summed E-state index contributed by atoms with van der Waals surface area (Å²) in [5.74, 6) is -0.515. The summed E-state index contributed by atoms with van der Waals surface area (Å²) in [5.41, 5.74) is 6.47. The van der Waals surface area contributed by atoms with Gasteiger partial charge in [0.25, 0.3) is 5.91 Å². The van der Waals surface area contributed by atoms with Crippen LogP contribution in [0.25, 0.3) is 0 Å². The highest BCUT2D eigenvalue weighted by Crippen LogP contribution is 2.18. The van der Waals surface area contributed by atoms with Crippen LogP contribution < -0.4 is 10.9 Å². The standard InChI is InChI=1S/C16H21N5O2S/c1-4-12-5-7-13(8-6-12)15(23)19-18-14(22)9-24-16-20-17-10-21(16)11(2)3/h5-8,10-11H,4,9H2,1-3H3,(H,18,22)(H,19,23). The molecule has 2 amide bonds. The summed E-state index contributed by atoms with van der Waals surface area (Å²) < 4.78 is 1.88. The van der Waals surface area contributed by atoms with E-state index >= 15 is 0 Å². The lowest BCUT2D eigenvalue weighted by molar-refractivity contribution is -0.119. The van der Waals surface area contributed by atoms with Crippen molar-refractivity contribution in [1.82, 2.24) is 25.6 Å². The Morgan fingerprint density at radius 3 is 2.54 bits per heavy atom. The number of nitrogens with zero attached hydrogens (tertiary/aromatic N) is 3. The van der Waals surface area contributed by atoms with Gasteiger partial charge in [-0.25, -0.2) is 0 Å². The van der Waals surface area contributed by atoms with Gasteiger partial charge in [-0.1, -0.05) is 30.8 Å². The van der Waals surface area contributed by atoms with Gasteiger partial charge < -0.3 is 4.57 Å². The lowest BCUT2D eigenvalue weighted by atomic mass is 10.1. The lowest BCUT2D eigenvalue weighted by Crippen LogP contribution is -2.42. The predicted molar refractivity (Wildman–Crippen MR) is 92.6 cm³/mol. The SMILES string of the molecule is CCc1ccc(C(=O)NNC(=O)CSc2nncn2C(C)C)cc1. The molecule has 0 atom stereocenters. The zero-order chi connectivity index (χ0) is 17.5. The fourth-order valence-electron chi connectivity index (χ4n) is 1.95. The van der Waals surface area contributed by atoms with Crippen molar-refractivity contribution in [2.75, 3.05) is 5.75 Å². The molecule has 2 N–H and O–H groups in total. The van der Waals surface area contributed by atoms with Gasteiger partial charge in [-0.2, -0.15) is 0 Å². The van der Waals surface area contributed by atoms with Crippen LogP contribution in [0.4, 0.5) is 0 Å². The first-order valence-corrected chi connectivity index (χ1v) is 8.70. The average molecular weight is 347 g/mol. The van der Waals surface area contributed by atoms with Crippen molar-refractivity contribution in [1.29, 1.82) is 0 Å². The van der Waals surface area contributed by atoms with Crippen LogP contribution in [0.3, 0.4) is 0 Å². The molecule has 2 rings (SSSR count). The molecule has 0 aliphatic carbocycles. The zero-order valence-corrected chi connectivity index (χ0v) is 14.8. The van der Waals surface area contributed by atoms with Gasteiger partial charge in [0, 0.05) is 11.6 Å². The molecule has 0 radical (unpaired) electrons. The number of hydrazine groups is 1. The monoisotopic (exact) mass is 347 g/mol. The molecule has 2 aromatic rings. The fraction of sp³-hybridized carbons (Fsp3) is 0.375. The summed E-state index contributed by atoms with van der Waals surface area (Å²) in [5, 5.41) is 8.49. The number of aryl methyl sites for hydroxylation is 1. The quantitative estimate of drug-likeness (QED) is 0.616. The summed E-state index contributed by atoms with van der Waals surface area (Å²) in [4.78, 5) is 23.8. The minimum Gasteiger partial charge on any atom is -0.306 e. The van der Waals surface area contributed by atoms with Crippen molar-refractivity contribution in [3.05, 3.63) is 41.7 Å². The van der Waals surface area contributed by atoms with E-state index in [4.69, 9.17) is 0 Å². The highest BCUT2D eigenvalue weighted by Gasteiger charge is 2.11. The van der Waals surface area contributed by atoms with Crippen LogP contribution >= 0.6 is 11.8 Å². The van der Waals surface area contributed by atoms with Crippen LogP contribution in [-0.4, -0.2) is 32.3 Å². The van der Waals surface area contributed by atoms with Gasteiger partial charge in [0.05, 0.1) is 5.75 Å². The smallest absolute Gasteiger partial charge is 0.269 e. The number of hydrogen-bond donors (Lipinski definition) is 2. The molecule has 0 saturated carbocycles. The average Bonchev–Trinajstić information content (AvgIpc) is 3.06. The molecule has 1 heterocycles. The van der Waals surface area contributed by atoms with Crippen LogP contribution in [0, 0.1) is 0 Å². The summed E-state index contributed by atoms with van der Waals surface area (Å²) in [6, 6.07) is 7.48. The first-order chi connectivity index (χ1) is 11.5. The second-order valence-corrected chi connectivity index (χ2v) is 6.40. The van der Waals surface area contributed by atoms with Gasteiger partial charge in [-0.05, 0) is 38.0 Å². The number of thioether (sulfide) groups is 1. The maximum absolute atomic E-state index is 12.0. The van der Waals surface area contributed by atoms with E-state index in [2.05, 4.69) is 21.0 Å². The molecule has 0 fully saturated rings. The van der Waals surface area contributed by atoms with E-state index in [0.717, 1.165) is 12.0 Å². The minimum atomic E-state index is -0.346. The number of nitrogens with one attached hydrogen (secondary N) is 2. The molecule has 7 nitrogen and oxygen atoms in total. The molecule has 0 unspecified atom stereocenters. The molecule has 0 spiro atoms. The number of carbonyl (C=O) groups excluding carboxylic acids is 2. The van der Waals surface area contributed by atoms with Gasteiger partial charge in [0.15, 0.2) is 5.16 Å². The molecule has 8 heteroatoms. The number of carbonyl (C=O) groups is 2. The topological polar surface area (TPSA) is 88.9 Å². The molecule has 1 aromatic heterocycles. The summed E-state index contributed by atoms with van der Waals surface area (Å²) in [7, 11) is 0. The van der Waals surface area contributed by atoms with Crippen molar-refractivity contribution < 1.29 is 9.59 Å². The third-order valence-corrected chi connectivity index (χ3v) is 4.33. The van der Waals surface area contributed by atoms with E-state index < -0.39 is 0 Å². The summed E-state index contributed by atoms with van der Waals surface area (Å²) >= 11 is 1.27. The molecule has 0 aliphatic rings. The van der Waals surface area contributed by atoms with Gasteiger partial charge in [-0.3, -0.25) is 20.4 Å². The molecule has 0 saturated heterocycles. The predicted octanol–water partition coefficient (Wildman–Crippen LogP) is 1.97. The summed E-state index contributed by atoms with van der Waals surface area (Å²) in [6.45, 7) is 6.07. The molecule has 1 aromatic carbocycles. The Morgan fingerprint density at radius 1 is 1.21 bits per heavy atom. The summed E-state index contributed by atoms with van der Waals surface area (Å²) in [6.07, 6.45) is 2.55. The van der Waals surface area contributed by atoms with Gasteiger partial charge in [0.1, 0.15) is 6.33 Å². The van der Waals surface area contributed by atoms with Crippen LogP contribution in [0.2, 0.25) is 0 Å². The Hall–Kier alpha value is -2.35. The normalized spacial score (nSPS) is 10.7. The van der Waals surface area contributed by atoms with Crippen molar-refractivity contribution in [2.24, 2.45) is 0 Å². The van der Waals surface area contributed by atoms with E-state index in [1.807, 2.05) is 37.5 Å². The molecular formula is C16H21N5O2S. The zero-order valence-electron chi connectivity index (χ0n) is 13.9. The van der Waals surface area contributed by atoms with Crippen molar-refractivity contribution >= 4 is 23.6 Å². The third kappa shape index (κ3) is 4.82. The minimum absolute atomic E-state index is 0.139. The fourth-order valence-corrected chi connectivity index (χ4v) is 2.79. The molecule has 0 aliphatic heterocycles. The van der Waals surface area contributed by atoms with Gasteiger partial charge in [-0.15, -0.1) is 10.2 Å². The Kier molecular flexibility index (Phi) is 6.36. The lowest BCUT2D eigenvalue weighted by Gasteiger charge is -2.10. The van der Waals surface area contributed by atoms with Crippen LogP contribution in [0.15, 0.2) is 35.7 Å². The largest absolute Gasteiger partial charge is 0.306 e. The number of aromatic nitrogens is 3. The molecule has 128 valence electrons. The Balaban J connectivity index is 1.80. The van der Waals surface area contributed by atoms with Gasteiger partial charge in [0.2, 0.25) is 5.91 Å². The highest BCUT2D eigenvalue weighted by atomic mass is 32.2. The maximum Gasteiger partial charge on any atom is 0.269 e. The van der Waals surface area contributed by atoms with Crippen LogP contribution in [-0.2, 0) is 11.2 Å². The third-order valence-electron chi connectivity index (χ3n) is 3.37. The Morgan fingerprint density at radius 2 is 1.92 bits per heavy atom. The van der Waals surface area contributed by atoms with E-state index in [1.54, 1.807) is 18.5 Å². The first kappa shape index (κ1) is 18.0. The van der Waals surface area contributed by atoms with Crippen LogP contribution in [0.5, 0.6) is 0 Å². The van der Waals surface area contributed by atoms with Crippen molar-refractivity contribution in [3.63, 3.8) is 0 Å². The molecule has 0 bridgehead atoms. The van der Waals surface area contributed by atoms with E-state index in [0.29, 0.717) is 10.7 Å². The number of hydrogen-bond acceptors (Lipinski definition) is 5. The Bertz CT molecular complexity index is 697. The van der Waals surface area contributed by atoms with E-state index in [9.17, 15) is 9.59 Å². The highest BCUT2D eigenvalue weighted by molar-refractivity contribution is 7.99. The number of benzene rings is 1. The number of rotatable bonds is 6. The second-order valence-electron chi connectivity index (χ2n) is 5.46. The van der Waals surface area contributed by atoms with E-state index in [1.165, 1.54) is 11.8 Å². The van der Waals surface area contributed by atoms with Crippen LogP contribution in [0.1, 0.15) is 42.7 Å². The Labute approximate surface area is 145 Å². The maximum atomic E-state index is 12.0. The van der Waals surface area contributed by atoms with Gasteiger partial charge >= 0.3 is 0 Å². The molecular weight excluding hydrogens is 326 g/mol.